The summed E-state index contributed by atoms with van der Waals surface area (Å²) in [5, 5.41) is 13.0. The third kappa shape index (κ3) is 8.27. The van der Waals surface area contributed by atoms with Gasteiger partial charge in [-0.3, -0.25) is 0 Å². The Morgan fingerprint density at radius 1 is 1.24 bits per heavy atom. The SMILES string of the molecule is CO[C@H]([C@@H](C)[C@H]1O[C@]1(C)C[C@H](C)/C=C/C=C(\C)[C@H]1O[C@@H](CNC(=O)N2CCOCC2)CC[C@@H]1C)[C@@H](C)O. The van der Waals surface area contributed by atoms with Crippen LogP contribution >= 0.6 is 0 Å². The van der Waals surface area contributed by atoms with Gasteiger partial charge in [0.1, 0.15) is 0 Å². The van der Waals surface area contributed by atoms with Gasteiger partial charge in [0, 0.05) is 32.7 Å². The standard InChI is InChI=1S/C29H50N2O6/c1-19(17-29(6)27(37-29)22(4)26(34-7)23(5)32)9-8-10-20(2)25-21(3)11-12-24(36-25)18-30-28(33)31-13-15-35-16-14-31/h8-10,19,21-27,32H,11-18H2,1-7H3,(H,30,33)/b9-8+,20-10+/t19-,21+,22-,23-,24-,25-,26-,27-,29-/m1/s1. The lowest BCUT2D eigenvalue weighted by Crippen LogP contribution is -2.49. The highest BCUT2D eigenvalue weighted by atomic mass is 16.6. The Morgan fingerprint density at radius 3 is 2.59 bits per heavy atom. The van der Waals surface area contributed by atoms with Crippen molar-refractivity contribution >= 4 is 6.03 Å². The lowest BCUT2D eigenvalue weighted by Gasteiger charge is -2.36. The number of aliphatic hydroxyl groups is 1. The van der Waals surface area contributed by atoms with E-state index in [-0.39, 0.29) is 42.0 Å². The molecule has 0 aromatic heterocycles. The molecule has 9 atom stereocenters. The van der Waals surface area contributed by atoms with E-state index in [2.05, 4.69) is 58.2 Å². The molecule has 0 bridgehead atoms. The summed E-state index contributed by atoms with van der Waals surface area (Å²) >= 11 is 0. The lowest BCUT2D eigenvalue weighted by atomic mass is 9.85. The van der Waals surface area contributed by atoms with Crippen LogP contribution < -0.4 is 5.32 Å². The molecule has 3 heterocycles. The number of nitrogens with zero attached hydrogens (tertiary/aromatic N) is 1. The Morgan fingerprint density at radius 2 is 1.95 bits per heavy atom. The lowest BCUT2D eigenvalue weighted by molar-refractivity contribution is -0.0571. The average molecular weight is 523 g/mol. The van der Waals surface area contributed by atoms with E-state index in [4.69, 9.17) is 18.9 Å². The molecule has 3 aliphatic heterocycles. The summed E-state index contributed by atoms with van der Waals surface area (Å²) in [6.07, 6.45) is 8.92. The van der Waals surface area contributed by atoms with Crippen LogP contribution in [0, 0.1) is 17.8 Å². The molecule has 0 aromatic rings. The highest BCUT2D eigenvalue weighted by molar-refractivity contribution is 5.74. The minimum absolute atomic E-state index is 0.0279. The fourth-order valence-electron chi connectivity index (χ4n) is 6.10. The van der Waals surface area contributed by atoms with Gasteiger partial charge in [0.25, 0.3) is 0 Å². The zero-order chi connectivity index (χ0) is 27.2. The summed E-state index contributed by atoms with van der Waals surface area (Å²) in [7, 11) is 1.65. The van der Waals surface area contributed by atoms with E-state index in [0.717, 1.165) is 19.3 Å². The highest BCUT2D eigenvalue weighted by Gasteiger charge is 2.56. The predicted octanol–water partition coefficient (Wildman–Crippen LogP) is 3.93. The van der Waals surface area contributed by atoms with Crippen LogP contribution in [-0.4, -0.2) is 92.1 Å². The number of carbonyl (C=O) groups excluding carboxylic acids is 1. The molecule has 0 radical (unpaired) electrons. The number of urea groups is 1. The van der Waals surface area contributed by atoms with Gasteiger partial charge < -0.3 is 34.3 Å². The zero-order valence-electron chi connectivity index (χ0n) is 23.9. The zero-order valence-corrected chi connectivity index (χ0v) is 23.9. The van der Waals surface area contributed by atoms with Crippen molar-refractivity contribution in [3.63, 3.8) is 0 Å². The molecule has 0 aromatic carbocycles. The van der Waals surface area contributed by atoms with Gasteiger partial charge >= 0.3 is 6.03 Å². The van der Waals surface area contributed by atoms with Crippen LogP contribution in [0.15, 0.2) is 23.8 Å². The Balaban J connectivity index is 1.46. The van der Waals surface area contributed by atoms with E-state index in [1.54, 1.807) is 14.0 Å². The first kappa shape index (κ1) is 30.1. The molecule has 3 rings (SSSR count). The van der Waals surface area contributed by atoms with Crippen molar-refractivity contribution in [3.05, 3.63) is 23.8 Å². The molecule has 37 heavy (non-hydrogen) atoms. The molecular weight excluding hydrogens is 472 g/mol. The van der Waals surface area contributed by atoms with Crippen LogP contribution in [0.2, 0.25) is 0 Å². The molecular formula is C29H50N2O6. The monoisotopic (exact) mass is 522 g/mol. The van der Waals surface area contributed by atoms with Gasteiger partial charge in [-0.25, -0.2) is 4.79 Å². The molecule has 0 saturated carbocycles. The van der Waals surface area contributed by atoms with E-state index in [1.165, 1.54) is 5.57 Å². The minimum Gasteiger partial charge on any atom is -0.391 e. The normalized spacial score (nSPS) is 34.2. The summed E-state index contributed by atoms with van der Waals surface area (Å²) < 4.78 is 23.4. The molecule has 3 aliphatic rings. The number of amides is 2. The van der Waals surface area contributed by atoms with Crippen LogP contribution in [0.5, 0.6) is 0 Å². The predicted molar refractivity (Wildman–Crippen MR) is 144 cm³/mol. The van der Waals surface area contributed by atoms with Crippen molar-refractivity contribution in [2.45, 2.75) is 96.9 Å². The average Bonchev–Trinajstić information content (AvgIpc) is 3.54. The van der Waals surface area contributed by atoms with Crippen LogP contribution in [-0.2, 0) is 18.9 Å². The third-order valence-electron chi connectivity index (χ3n) is 8.24. The maximum atomic E-state index is 12.4. The summed E-state index contributed by atoms with van der Waals surface area (Å²) in [6, 6.07) is -0.0279. The minimum atomic E-state index is -0.524. The number of allylic oxidation sites excluding steroid dienone is 3. The van der Waals surface area contributed by atoms with E-state index in [0.29, 0.717) is 44.7 Å². The van der Waals surface area contributed by atoms with Crippen LogP contribution in [0.3, 0.4) is 0 Å². The van der Waals surface area contributed by atoms with E-state index in [1.807, 2.05) is 4.90 Å². The Labute approximate surface area is 223 Å². The first-order chi connectivity index (χ1) is 17.6. The number of nitrogens with one attached hydrogen (secondary N) is 1. The fourth-order valence-corrected chi connectivity index (χ4v) is 6.10. The molecule has 8 nitrogen and oxygen atoms in total. The second-order valence-corrected chi connectivity index (χ2v) is 11.6. The van der Waals surface area contributed by atoms with Gasteiger partial charge in [-0.05, 0) is 57.4 Å². The van der Waals surface area contributed by atoms with Gasteiger partial charge in [-0.15, -0.1) is 0 Å². The van der Waals surface area contributed by atoms with Crippen molar-refractivity contribution in [1.82, 2.24) is 10.2 Å². The number of morpholine rings is 1. The summed E-state index contributed by atoms with van der Waals surface area (Å²) in [4.78, 5) is 14.2. The molecule has 8 heteroatoms. The molecule has 3 fully saturated rings. The second-order valence-electron chi connectivity index (χ2n) is 11.6. The fraction of sp³-hybridized carbons (Fsp3) is 0.828. The maximum absolute atomic E-state index is 12.4. The third-order valence-corrected chi connectivity index (χ3v) is 8.24. The van der Waals surface area contributed by atoms with Crippen molar-refractivity contribution < 1.29 is 28.8 Å². The maximum Gasteiger partial charge on any atom is 0.317 e. The second kappa shape index (κ2) is 13.6. The molecule has 3 saturated heterocycles. The van der Waals surface area contributed by atoms with Gasteiger partial charge in [0.05, 0.1) is 49.3 Å². The Hall–Kier alpha value is -1.45. The van der Waals surface area contributed by atoms with Crippen molar-refractivity contribution in [2.24, 2.45) is 17.8 Å². The number of hydrogen-bond acceptors (Lipinski definition) is 6. The topological polar surface area (TPSA) is 92.8 Å². The molecule has 0 spiro atoms. The van der Waals surface area contributed by atoms with Crippen LogP contribution in [0.25, 0.3) is 0 Å². The number of ether oxygens (including phenoxy) is 4. The van der Waals surface area contributed by atoms with Gasteiger partial charge in [0.2, 0.25) is 0 Å². The van der Waals surface area contributed by atoms with E-state index in [9.17, 15) is 9.90 Å². The van der Waals surface area contributed by atoms with Crippen molar-refractivity contribution in [3.8, 4) is 0 Å². The summed E-state index contributed by atoms with van der Waals surface area (Å²) in [5.41, 5.74) is 1.02. The Bertz CT molecular complexity index is 795. The highest BCUT2D eigenvalue weighted by Crippen LogP contribution is 2.47. The largest absolute Gasteiger partial charge is 0.391 e. The van der Waals surface area contributed by atoms with E-state index >= 15 is 0 Å². The number of aliphatic hydroxyl groups excluding tert-OH is 1. The van der Waals surface area contributed by atoms with Gasteiger partial charge in [-0.1, -0.05) is 39.0 Å². The van der Waals surface area contributed by atoms with E-state index < -0.39 is 6.10 Å². The Kier molecular flexibility index (Phi) is 11.0. The van der Waals surface area contributed by atoms with Crippen LogP contribution in [0.4, 0.5) is 4.79 Å². The molecule has 2 N–H and O–H groups in total. The number of epoxide rings is 1. The summed E-state index contributed by atoms with van der Waals surface area (Å²) in [5.74, 6) is 0.924. The van der Waals surface area contributed by atoms with Crippen molar-refractivity contribution in [1.29, 1.82) is 0 Å². The number of methoxy groups -OCH3 is 1. The summed E-state index contributed by atoms with van der Waals surface area (Å²) in [6.45, 7) is 15.6. The van der Waals surface area contributed by atoms with Gasteiger partial charge in [0.15, 0.2) is 0 Å². The number of rotatable bonds is 11. The van der Waals surface area contributed by atoms with Crippen molar-refractivity contribution in [2.75, 3.05) is 40.0 Å². The van der Waals surface area contributed by atoms with Gasteiger partial charge in [-0.2, -0.15) is 0 Å². The number of hydrogen-bond donors (Lipinski definition) is 2. The first-order valence-corrected chi connectivity index (χ1v) is 14.0. The smallest absolute Gasteiger partial charge is 0.317 e. The molecule has 2 amide bonds. The molecule has 212 valence electrons. The number of carbonyl (C=O) groups is 1. The van der Waals surface area contributed by atoms with Crippen LogP contribution in [0.1, 0.15) is 60.8 Å². The first-order valence-electron chi connectivity index (χ1n) is 14.0. The molecule has 0 aliphatic carbocycles. The molecule has 0 unspecified atom stereocenters. The quantitative estimate of drug-likeness (QED) is 0.316.